The number of anilines is 3. The third-order valence-electron chi connectivity index (χ3n) is 3.95. The lowest BCUT2D eigenvalue weighted by molar-refractivity contribution is 0.414. The van der Waals surface area contributed by atoms with Gasteiger partial charge in [-0.05, 0) is 29.1 Å². The molecule has 0 radical (unpaired) electrons. The second-order valence-corrected chi connectivity index (χ2v) is 5.38. The summed E-state index contributed by atoms with van der Waals surface area (Å²) in [6.07, 6.45) is 2.17. The molecule has 140 valence electrons. The van der Waals surface area contributed by atoms with Gasteiger partial charge in [0.15, 0.2) is 0 Å². The summed E-state index contributed by atoms with van der Waals surface area (Å²) in [4.78, 5) is 8.02. The standard InChI is InChI=1S/C17H19N5O2.2ClH/c1-23-11-3-4-12-9(5-10-8-21-17(20)22-16(10)19)6-14(24-2)15(18)13(12)7-11;;/h3-4,6-8H,5,18H2,1-2H3,(H4,19,20,21,22);2*1H. The highest BCUT2D eigenvalue weighted by molar-refractivity contribution is 5.99. The maximum Gasteiger partial charge on any atom is 0.221 e. The topological polar surface area (TPSA) is 122 Å². The Morgan fingerprint density at radius 1 is 0.923 bits per heavy atom. The van der Waals surface area contributed by atoms with E-state index in [0.29, 0.717) is 23.7 Å². The Kier molecular flexibility index (Phi) is 7.11. The van der Waals surface area contributed by atoms with E-state index >= 15 is 0 Å². The lowest BCUT2D eigenvalue weighted by atomic mass is 9.97. The summed E-state index contributed by atoms with van der Waals surface area (Å²) >= 11 is 0. The first kappa shape index (κ1) is 21.4. The minimum atomic E-state index is 0. The summed E-state index contributed by atoms with van der Waals surface area (Å²) in [6, 6.07) is 7.65. The molecule has 26 heavy (non-hydrogen) atoms. The van der Waals surface area contributed by atoms with E-state index in [1.807, 2.05) is 24.3 Å². The lowest BCUT2D eigenvalue weighted by Crippen LogP contribution is -2.05. The van der Waals surface area contributed by atoms with Crippen LogP contribution in [-0.2, 0) is 6.42 Å². The Bertz CT molecular complexity index is 921. The lowest BCUT2D eigenvalue weighted by Gasteiger charge is -2.14. The first-order valence-corrected chi connectivity index (χ1v) is 7.33. The van der Waals surface area contributed by atoms with Gasteiger partial charge in [0.2, 0.25) is 5.95 Å². The molecule has 1 aromatic heterocycles. The van der Waals surface area contributed by atoms with Gasteiger partial charge >= 0.3 is 0 Å². The molecule has 9 heteroatoms. The molecule has 6 N–H and O–H groups in total. The van der Waals surface area contributed by atoms with Crippen LogP contribution < -0.4 is 26.7 Å². The quantitative estimate of drug-likeness (QED) is 0.578. The monoisotopic (exact) mass is 397 g/mol. The van der Waals surface area contributed by atoms with Crippen molar-refractivity contribution in [3.63, 3.8) is 0 Å². The number of aromatic nitrogens is 2. The fraction of sp³-hybridized carbons (Fsp3) is 0.176. The van der Waals surface area contributed by atoms with Gasteiger partial charge in [0.05, 0.1) is 19.9 Å². The fourth-order valence-corrected chi connectivity index (χ4v) is 2.69. The average molecular weight is 398 g/mol. The number of halogens is 2. The van der Waals surface area contributed by atoms with Crippen LogP contribution in [0.1, 0.15) is 11.1 Å². The van der Waals surface area contributed by atoms with Crippen molar-refractivity contribution in [2.45, 2.75) is 6.42 Å². The molecule has 1 heterocycles. The van der Waals surface area contributed by atoms with Gasteiger partial charge < -0.3 is 26.7 Å². The Morgan fingerprint density at radius 2 is 1.65 bits per heavy atom. The van der Waals surface area contributed by atoms with Crippen LogP contribution in [0.25, 0.3) is 10.8 Å². The summed E-state index contributed by atoms with van der Waals surface area (Å²) in [7, 11) is 3.20. The van der Waals surface area contributed by atoms with E-state index in [9.17, 15) is 0 Å². The number of benzene rings is 2. The summed E-state index contributed by atoms with van der Waals surface area (Å²) < 4.78 is 10.7. The average Bonchev–Trinajstić information content (AvgIpc) is 2.59. The smallest absolute Gasteiger partial charge is 0.221 e. The molecule has 0 fully saturated rings. The first-order valence-electron chi connectivity index (χ1n) is 7.33. The van der Waals surface area contributed by atoms with Gasteiger partial charge in [0, 0.05) is 23.6 Å². The van der Waals surface area contributed by atoms with Gasteiger partial charge in [-0.1, -0.05) is 6.07 Å². The highest BCUT2D eigenvalue weighted by Gasteiger charge is 2.13. The maximum absolute atomic E-state index is 6.22. The zero-order chi connectivity index (χ0) is 17.3. The number of nitrogens with two attached hydrogens (primary N) is 3. The van der Waals surface area contributed by atoms with Crippen molar-refractivity contribution >= 4 is 53.0 Å². The number of nitrogens with zero attached hydrogens (tertiary/aromatic N) is 2. The third kappa shape index (κ3) is 3.95. The molecule has 7 nitrogen and oxygen atoms in total. The Labute approximate surface area is 163 Å². The second kappa shape index (κ2) is 8.64. The van der Waals surface area contributed by atoms with E-state index in [1.165, 1.54) is 0 Å². The van der Waals surface area contributed by atoms with Crippen molar-refractivity contribution in [1.82, 2.24) is 9.97 Å². The Hall–Kier alpha value is -2.64. The normalized spacial score (nSPS) is 9.92. The minimum Gasteiger partial charge on any atom is -0.497 e. The van der Waals surface area contributed by atoms with Crippen molar-refractivity contribution in [2.24, 2.45) is 0 Å². The molecule has 0 saturated heterocycles. The maximum atomic E-state index is 6.22. The number of fused-ring (bicyclic) bond motifs is 1. The van der Waals surface area contributed by atoms with Crippen LogP contribution in [0.5, 0.6) is 11.5 Å². The summed E-state index contributed by atoms with van der Waals surface area (Å²) in [5.41, 5.74) is 20.1. The minimum absolute atomic E-state index is 0. The van der Waals surface area contributed by atoms with Gasteiger partial charge in [-0.25, -0.2) is 4.98 Å². The van der Waals surface area contributed by atoms with E-state index in [4.69, 9.17) is 26.7 Å². The van der Waals surface area contributed by atoms with Crippen molar-refractivity contribution in [3.8, 4) is 11.5 Å². The van der Waals surface area contributed by atoms with E-state index in [2.05, 4.69) is 9.97 Å². The first-order chi connectivity index (χ1) is 11.5. The largest absolute Gasteiger partial charge is 0.497 e. The molecule has 0 spiro atoms. The highest BCUT2D eigenvalue weighted by atomic mass is 35.5. The molecule has 0 amide bonds. The molecule has 2 aromatic carbocycles. The van der Waals surface area contributed by atoms with Crippen LogP contribution in [0, 0.1) is 0 Å². The van der Waals surface area contributed by atoms with Crippen LogP contribution in [0.3, 0.4) is 0 Å². The molecule has 3 aromatic rings. The van der Waals surface area contributed by atoms with Gasteiger partial charge in [-0.2, -0.15) is 4.98 Å². The summed E-state index contributed by atoms with van der Waals surface area (Å²) in [5, 5.41) is 1.85. The van der Waals surface area contributed by atoms with Crippen molar-refractivity contribution in [2.75, 3.05) is 31.4 Å². The number of methoxy groups -OCH3 is 2. The Balaban J connectivity index is 0.00000169. The molecule has 0 aliphatic rings. The van der Waals surface area contributed by atoms with Crippen LogP contribution in [0.4, 0.5) is 17.5 Å². The van der Waals surface area contributed by atoms with Gasteiger partial charge in [0.25, 0.3) is 0 Å². The van der Waals surface area contributed by atoms with Gasteiger partial charge in [-0.3, -0.25) is 0 Å². The van der Waals surface area contributed by atoms with E-state index < -0.39 is 0 Å². The fourth-order valence-electron chi connectivity index (χ4n) is 2.69. The number of nitrogen functional groups attached to an aromatic ring is 3. The summed E-state index contributed by atoms with van der Waals surface area (Å²) in [5.74, 6) is 1.84. The molecular formula is C17H21Cl2N5O2. The molecule has 0 unspecified atom stereocenters. The highest BCUT2D eigenvalue weighted by Crippen LogP contribution is 2.36. The zero-order valence-electron chi connectivity index (χ0n) is 14.4. The van der Waals surface area contributed by atoms with E-state index in [0.717, 1.165) is 27.6 Å². The third-order valence-corrected chi connectivity index (χ3v) is 3.95. The number of rotatable bonds is 4. The van der Waals surface area contributed by atoms with Gasteiger partial charge in [0.1, 0.15) is 17.3 Å². The number of ether oxygens (including phenoxy) is 2. The van der Waals surface area contributed by atoms with Crippen LogP contribution in [0.15, 0.2) is 30.5 Å². The van der Waals surface area contributed by atoms with Gasteiger partial charge in [-0.15, -0.1) is 24.8 Å². The SMILES string of the molecule is COc1ccc2c(Cc3cnc(N)nc3N)cc(OC)c(N)c2c1.Cl.Cl. The number of hydrogen-bond donors (Lipinski definition) is 3. The predicted octanol–water partition coefficient (Wildman–Crippen LogP) is 2.83. The Morgan fingerprint density at radius 3 is 2.27 bits per heavy atom. The molecule has 0 aliphatic heterocycles. The van der Waals surface area contributed by atoms with Crippen LogP contribution in [0.2, 0.25) is 0 Å². The molecule has 0 atom stereocenters. The zero-order valence-corrected chi connectivity index (χ0v) is 16.0. The summed E-state index contributed by atoms with van der Waals surface area (Å²) in [6.45, 7) is 0. The van der Waals surface area contributed by atoms with E-state index in [-0.39, 0.29) is 30.8 Å². The van der Waals surface area contributed by atoms with E-state index in [1.54, 1.807) is 20.4 Å². The predicted molar refractivity (Wildman–Crippen MR) is 110 cm³/mol. The molecule has 0 saturated carbocycles. The van der Waals surface area contributed by atoms with Crippen molar-refractivity contribution < 1.29 is 9.47 Å². The molecule has 0 aliphatic carbocycles. The molecule has 3 rings (SSSR count). The number of hydrogen-bond acceptors (Lipinski definition) is 7. The van der Waals surface area contributed by atoms with Crippen molar-refractivity contribution in [1.29, 1.82) is 0 Å². The van der Waals surface area contributed by atoms with Crippen molar-refractivity contribution in [3.05, 3.63) is 41.6 Å². The van der Waals surface area contributed by atoms with Crippen LogP contribution in [-0.4, -0.2) is 24.2 Å². The second-order valence-electron chi connectivity index (χ2n) is 5.38. The molecular weight excluding hydrogens is 377 g/mol. The van der Waals surface area contributed by atoms with Crippen LogP contribution >= 0.6 is 24.8 Å². The molecule has 0 bridgehead atoms.